The van der Waals surface area contributed by atoms with Gasteiger partial charge in [-0.25, -0.2) is 4.79 Å². The number of benzene rings is 1. The molecule has 28 heavy (non-hydrogen) atoms. The van der Waals surface area contributed by atoms with E-state index in [0.717, 1.165) is 24.3 Å². The molecule has 4 rings (SSSR count). The zero-order valence-corrected chi connectivity index (χ0v) is 15.0. The summed E-state index contributed by atoms with van der Waals surface area (Å²) in [6.45, 7) is 0. The molecule has 1 N–H and O–H groups in total. The van der Waals surface area contributed by atoms with Crippen LogP contribution in [0.15, 0.2) is 45.9 Å². The van der Waals surface area contributed by atoms with E-state index >= 15 is 0 Å². The summed E-state index contributed by atoms with van der Waals surface area (Å²) >= 11 is 0. The Morgan fingerprint density at radius 1 is 1.18 bits per heavy atom. The maximum Gasteiger partial charge on any atom is 0.346 e. The second-order valence-electron chi connectivity index (χ2n) is 6.94. The molecule has 1 aliphatic heterocycles. The van der Waals surface area contributed by atoms with E-state index in [1.165, 1.54) is 18.3 Å². The van der Waals surface area contributed by atoms with Gasteiger partial charge in [-0.15, -0.1) is 5.01 Å². The van der Waals surface area contributed by atoms with Gasteiger partial charge in [0.2, 0.25) is 0 Å². The van der Waals surface area contributed by atoms with Crippen molar-refractivity contribution in [3.63, 3.8) is 0 Å². The van der Waals surface area contributed by atoms with Crippen molar-refractivity contribution in [3.8, 4) is 11.3 Å². The number of non-ortho nitro benzene ring substituents is 1. The van der Waals surface area contributed by atoms with E-state index in [4.69, 9.17) is 4.42 Å². The molecule has 0 radical (unpaired) electrons. The molecular weight excluding hydrogens is 364 g/mol. The molecule has 1 aromatic carbocycles. The molecule has 2 fully saturated rings. The molecule has 3 amide bonds. The maximum atomic E-state index is 12.7. The minimum absolute atomic E-state index is 0.0405. The van der Waals surface area contributed by atoms with Crippen LogP contribution in [0.2, 0.25) is 0 Å². The zero-order valence-electron chi connectivity index (χ0n) is 15.0. The Hall–Kier alpha value is -3.49. The summed E-state index contributed by atoms with van der Waals surface area (Å²) in [6.07, 6.45) is 5.40. The summed E-state index contributed by atoms with van der Waals surface area (Å²) in [4.78, 5) is 35.3. The van der Waals surface area contributed by atoms with Gasteiger partial charge >= 0.3 is 6.03 Å². The number of urea groups is 1. The van der Waals surface area contributed by atoms with Crippen molar-refractivity contribution >= 4 is 23.8 Å². The van der Waals surface area contributed by atoms with Gasteiger partial charge in [0.05, 0.1) is 11.1 Å². The highest BCUT2D eigenvalue weighted by Gasteiger charge is 2.51. The van der Waals surface area contributed by atoms with Crippen LogP contribution in [0.25, 0.3) is 11.3 Å². The lowest BCUT2D eigenvalue weighted by atomic mass is 9.82. The van der Waals surface area contributed by atoms with Gasteiger partial charge in [-0.05, 0) is 25.0 Å². The standard InChI is InChI=1S/C19H18N4O5/c24-17-19(9-2-1-3-10-19)21-18(25)22(17)20-12-15-7-8-16(28-15)13-5-4-6-14(11-13)23(26)27/h4-8,11-12H,1-3,9-10H2,(H,21,25). The molecule has 1 aromatic heterocycles. The van der Waals surface area contributed by atoms with Crippen molar-refractivity contribution in [2.45, 2.75) is 37.6 Å². The summed E-state index contributed by atoms with van der Waals surface area (Å²) in [5.41, 5.74) is -0.324. The molecule has 0 bridgehead atoms. The fourth-order valence-corrected chi connectivity index (χ4v) is 3.67. The summed E-state index contributed by atoms with van der Waals surface area (Å²) in [5, 5.41) is 18.5. The molecule has 2 heterocycles. The van der Waals surface area contributed by atoms with Crippen molar-refractivity contribution in [1.29, 1.82) is 0 Å². The van der Waals surface area contributed by atoms with E-state index in [-0.39, 0.29) is 11.6 Å². The number of imide groups is 1. The molecule has 9 heteroatoms. The summed E-state index contributed by atoms with van der Waals surface area (Å²) in [7, 11) is 0. The second kappa shape index (κ2) is 6.91. The van der Waals surface area contributed by atoms with E-state index in [1.807, 2.05) is 0 Å². The molecular formula is C19H18N4O5. The van der Waals surface area contributed by atoms with Crippen LogP contribution in [0.3, 0.4) is 0 Å². The minimum atomic E-state index is -0.829. The quantitative estimate of drug-likeness (QED) is 0.376. The molecule has 144 valence electrons. The van der Waals surface area contributed by atoms with Crippen LogP contribution in [0.4, 0.5) is 10.5 Å². The lowest BCUT2D eigenvalue weighted by Crippen LogP contribution is -2.48. The number of amides is 3. The number of hydrogen-bond acceptors (Lipinski definition) is 6. The minimum Gasteiger partial charge on any atom is -0.455 e. The van der Waals surface area contributed by atoms with Crippen LogP contribution in [-0.2, 0) is 4.79 Å². The lowest BCUT2D eigenvalue weighted by molar-refractivity contribution is -0.384. The predicted octanol–water partition coefficient (Wildman–Crippen LogP) is 3.44. The van der Waals surface area contributed by atoms with Gasteiger partial charge in [-0.2, -0.15) is 5.10 Å². The zero-order chi connectivity index (χ0) is 19.7. The van der Waals surface area contributed by atoms with Gasteiger partial charge in [-0.3, -0.25) is 14.9 Å². The fourth-order valence-electron chi connectivity index (χ4n) is 3.67. The smallest absolute Gasteiger partial charge is 0.346 e. The number of nitro benzene ring substituents is 1. The number of nitrogens with zero attached hydrogens (tertiary/aromatic N) is 3. The Labute approximate surface area is 160 Å². The third-order valence-electron chi connectivity index (χ3n) is 5.12. The van der Waals surface area contributed by atoms with Crippen LogP contribution in [0.1, 0.15) is 37.9 Å². The first-order valence-electron chi connectivity index (χ1n) is 9.04. The molecule has 1 aliphatic carbocycles. The number of hydrazone groups is 1. The van der Waals surface area contributed by atoms with Gasteiger partial charge < -0.3 is 9.73 Å². The maximum absolute atomic E-state index is 12.7. The number of rotatable bonds is 4. The Kier molecular flexibility index (Phi) is 4.42. The highest BCUT2D eigenvalue weighted by atomic mass is 16.6. The van der Waals surface area contributed by atoms with E-state index in [0.29, 0.717) is 29.9 Å². The number of furan rings is 1. The van der Waals surface area contributed by atoms with Crippen LogP contribution in [-0.4, -0.2) is 33.6 Å². The number of hydrogen-bond donors (Lipinski definition) is 1. The highest BCUT2D eigenvalue weighted by molar-refractivity contribution is 6.07. The topological polar surface area (TPSA) is 118 Å². The van der Waals surface area contributed by atoms with Gasteiger partial charge in [-0.1, -0.05) is 31.4 Å². The molecule has 1 saturated heterocycles. The van der Waals surface area contributed by atoms with Crippen molar-refractivity contribution in [3.05, 3.63) is 52.3 Å². The number of nitrogens with one attached hydrogen (secondary N) is 1. The highest BCUT2D eigenvalue weighted by Crippen LogP contribution is 2.33. The summed E-state index contributed by atoms with van der Waals surface area (Å²) in [5.74, 6) is 0.414. The van der Waals surface area contributed by atoms with Gasteiger partial charge in [0.1, 0.15) is 17.1 Å². The first-order chi connectivity index (χ1) is 13.5. The SMILES string of the molecule is O=C1NC2(CCCCC2)C(=O)N1N=Cc1ccc(-c2cccc([N+](=O)[O-])c2)o1. The number of carbonyl (C=O) groups excluding carboxylic acids is 2. The number of nitro groups is 1. The third kappa shape index (κ3) is 3.15. The molecule has 2 aliphatic rings. The Balaban J connectivity index is 1.52. The van der Waals surface area contributed by atoms with Crippen molar-refractivity contribution in [1.82, 2.24) is 10.3 Å². The average Bonchev–Trinajstić information content (AvgIpc) is 3.25. The van der Waals surface area contributed by atoms with Gasteiger partial charge in [0, 0.05) is 17.7 Å². The van der Waals surface area contributed by atoms with E-state index in [2.05, 4.69) is 10.4 Å². The predicted molar refractivity (Wildman–Crippen MR) is 99.6 cm³/mol. The fraction of sp³-hybridized carbons (Fsp3) is 0.316. The first-order valence-corrected chi connectivity index (χ1v) is 9.04. The Bertz CT molecular complexity index is 974. The molecule has 9 nitrogen and oxygen atoms in total. The van der Waals surface area contributed by atoms with Crippen LogP contribution in [0, 0.1) is 10.1 Å². The second-order valence-corrected chi connectivity index (χ2v) is 6.94. The molecule has 2 aromatic rings. The normalized spacial score (nSPS) is 18.8. The van der Waals surface area contributed by atoms with Gasteiger partial charge in [0.15, 0.2) is 0 Å². The lowest BCUT2D eigenvalue weighted by Gasteiger charge is -2.29. The Morgan fingerprint density at radius 3 is 2.71 bits per heavy atom. The Morgan fingerprint density at radius 2 is 1.96 bits per heavy atom. The molecule has 0 atom stereocenters. The van der Waals surface area contributed by atoms with Crippen molar-refractivity contribution < 1.29 is 18.9 Å². The van der Waals surface area contributed by atoms with Crippen LogP contribution >= 0.6 is 0 Å². The third-order valence-corrected chi connectivity index (χ3v) is 5.12. The number of carbonyl (C=O) groups is 2. The van der Waals surface area contributed by atoms with Crippen LogP contribution < -0.4 is 5.32 Å². The van der Waals surface area contributed by atoms with Crippen molar-refractivity contribution in [2.24, 2.45) is 5.10 Å². The molecule has 0 unspecified atom stereocenters. The molecule has 1 spiro atoms. The summed E-state index contributed by atoms with van der Waals surface area (Å²) in [6, 6.07) is 8.80. The molecule has 1 saturated carbocycles. The van der Waals surface area contributed by atoms with Crippen molar-refractivity contribution in [2.75, 3.05) is 0 Å². The van der Waals surface area contributed by atoms with Gasteiger partial charge in [0.25, 0.3) is 11.6 Å². The largest absolute Gasteiger partial charge is 0.455 e. The van der Waals surface area contributed by atoms with Crippen LogP contribution in [0.5, 0.6) is 0 Å². The first kappa shape index (κ1) is 17.9. The van der Waals surface area contributed by atoms with E-state index in [1.54, 1.807) is 24.3 Å². The van der Waals surface area contributed by atoms with E-state index < -0.39 is 16.5 Å². The summed E-state index contributed by atoms with van der Waals surface area (Å²) < 4.78 is 5.63. The average molecular weight is 382 g/mol. The monoisotopic (exact) mass is 382 g/mol. The van der Waals surface area contributed by atoms with E-state index in [9.17, 15) is 19.7 Å².